The molecule has 0 aliphatic carbocycles. The van der Waals surface area contributed by atoms with Gasteiger partial charge in [-0.3, -0.25) is 10.1 Å². The maximum atomic E-state index is 15.0. The molecule has 2 heterocycles. The van der Waals surface area contributed by atoms with Crippen LogP contribution in [0.3, 0.4) is 0 Å². The molecule has 1 aliphatic heterocycles. The number of urea groups is 1. The van der Waals surface area contributed by atoms with Gasteiger partial charge in [-0.25, -0.2) is 18.3 Å². The highest BCUT2D eigenvalue weighted by Crippen LogP contribution is 2.30. The van der Waals surface area contributed by atoms with Crippen LogP contribution in [0.2, 0.25) is 0 Å². The molecule has 138 valence electrons. The summed E-state index contributed by atoms with van der Waals surface area (Å²) >= 11 is 0. The molecule has 6 nitrogen and oxygen atoms in total. The number of hydrogen-bond donors (Lipinski definition) is 1. The molecule has 0 unspecified atom stereocenters. The van der Waals surface area contributed by atoms with Crippen LogP contribution in [0.15, 0.2) is 41.2 Å². The van der Waals surface area contributed by atoms with Crippen molar-refractivity contribution >= 4 is 11.8 Å². The van der Waals surface area contributed by atoms with E-state index in [1.807, 2.05) is 0 Å². The van der Waals surface area contributed by atoms with Crippen molar-refractivity contribution in [2.75, 3.05) is 18.4 Å². The Morgan fingerprint density at radius 3 is 2.65 bits per heavy atom. The molecule has 3 rings (SSSR count). The van der Waals surface area contributed by atoms with E-state index in [2.05, 4.69) is 10.4 Å². The highest BCUT2D eigenvalue weighted by Gasteiger charge is 2.36. The fourth-order valence-electron chi connectivity index (χ4n) is 3.06. The van der Waals surface area contributed by atoms with Gasteiger partial charge < -0.3 is 4.90 Å². The molecular formula is C18H20F2N4O2. The van der Waals surface area contributed by atoms with Crippen molar-refractivity contribution in [1.82, 2.24) is 14.7 Å². The van der Waals surface area contributed by atoms with E-state index in [4.69, 9.17) is 0 Å². The number of hydrogen-bond acceptors (Lipinski definition) is 3. The Balaban J connectivity index is 1.57. The molecule has 0 atom stereocenters. The summed E-state index contributed by atoms with van der Waals surface area (Å²) in [5.41, 5.74) is -1.13. The third-order valence-corrected chi connectivity index (χ3v) is 4.55. The van der Waals surface area contributed by atoms with Crippen LogP contribution in [-0.2, 0) is 13.5 Å². The average molecular weight is 362 g/mol. The minimum absolute atomic E-state index is 0.128. The van der Waals surface area contributed by atoms with Gasteiger partial charge in [0.05, 0.1) is 0 Å². The predicted molar refractivity (Wildman–Crippen MR) is 93.2 cm³/mol. The first-order chi connectivity index (χ1) is 12.3. The molecule has 1 aliphatic rings. The maximum Gasteiger partial charge on any atom is 0.323 e. The Hall–Kier alpha value is -2.77. The molecule has 1 saturated heterocycles. The number of nitrogens with zero attached hydrogens (tertiary/aromatic N) is 3. The Bertz CT molecular complexity index is 860. The fraction of sp³-hybridized carbons (Fsp3) is 0.389. The van der Waals surface area contributed by atoms with Crippen molar-refractivity contribution in [3.63, 3.8) is 0 Å². The van der Waals surface area contributed by atoms with E-state index >= 15 is 4.39 Å². The van der Waals surface area contributed by atoms with Gasteiger partial charge in [0.25, 0.3) is 5.56 Å². The number of amides is 2. The van der Waals surface area contributed by atoms with Gasteiger partial charge in [-0.15, -0.1) is 0 Å². The van der Waals surface area contributed by atoms with E-state index in [0.717, 1.165) is 4.68 Å². The van der Waals surface area contributed by atoms with Crippen LogP contribution >= 0.6 is 0 Å². The molecule has 8 heteroatoms. The second-order valence-electron chi connectivity index (χ2n) is 6.56. The van der Waals surface area contributed by atoms with Gasteiger partial charge in [-0.05, 0) is 36.6 Å². The van der Waals surface area contributed by atoms with E-state index in [-0.39, 0.29) is 55.6 Å². The average Bonchev–Trinajstić information content (AvgIpc) is 2.58. The SMILES string of the molecule is Cn1nc(NC(=O)N2CCC(F)(Cc3cccc(F)c3)CC2)ccc1=O. The summed E-state index contributed by atoms with van der Waals surface area (Å²) in [5.74, 6) is -0.123. The summed E-state index contributed by atoms with van der Waals surface area (Å²) < 4.78 is 29.4. The second-order valence-corrected chi connectivity index (χ2v) is 6.56. The third-order valence-electron chi connectivity index (χ3n) is 4.55. The Morgan fingerprint density at radius 1 is 1.27 bits per heavy atom. The molecule has 26 heavy (non-hydrogen) atoms. The highest BCUT2D eigenvalue weighted by atomic mass is 19.1. The number of nitrogens with one attached hydrogen (secondary N) is 1. The zero-order valence-corrected chi connectivity index (χ0v) is 14.4. The van der Waals surface area contributed by atoms with Crippen molar-refractivity contribution in [2.24, 2.45) is 7.05 Å². The van der Waals surface area contributed by atoms with Crippen LogP contribution in [-0.4, -0.2) is 39.5 Å². The van der Waals surface area contributed by atoms with Gasteiger partial charge in [-0.2, -0.15) is 5.10 Å². The van der Waals surface area contributed by atoms with Crippen LogP contribution < -0.4 is 10.9 Å². The van der Waals surface area contributed by atoms with E-state index in [1.165, 1.54) is 36.2 Å². The summed E-state index contributed by atoms with van der Waals surface area (Å²) in [6.45, 7) is 0.507. The molecule has 0 radical (unpaired) electrons. The fourth-order valence-corrected chi connectivity index (χ4v) is 3.06. The van der Waals surface area contributed by atoms with E-state index in [0.29, 0.717) is 5.56 Å². The van der Waals surface area contributed by atoms with Crippen molar-refractivity contribution < 1.29 is 13.6 Å². The number of benzene rings is 1. The largest absolute Gasteiger partial charge is 0.324 e. The third kappa shape index (κ3) is 4.25. The molecule has 1 fully saturated rings. The maximum absolute atomic E-state index is 15.0. The van der Waals surface area contributed by atoms with E-state index in [1.54, 1.807) is 12.1 Å². The highest BCUT2D eigenvalue weighted by molar-refractivity contribution is 5.88. The summed E-state index contributed by atoms with van der Waals surface area (Å²) in [5, 5.41) is 6.54. The predicted octanol–water partition coefficient (Wildman–Crippen LogP) is 2.50. The molecule has 2 aromatic rings. The molecular weight excluding hydrogens is 342 g/mol. The number of halogens is 2. The Morgan fingerprint density at radius 2 is 2.00 bits per heavy atom. The molecule has 1 N–H and O–H groups in total. The Labute approximate surface area is 149 Å². The van der Waals surface area contributed by atoms with Crippen molar-refractivity contribution in [3.05, 3.63) is 58.1 Å². The zero-order chi connectivity index (χ0) is 18.7. The second kappa shape index (κ2) is 7.23. The molecule has 0 saturated carbocycles. The number of carbonyl (C=O) groups excluding carboxylic acids is 1. The first-order valence-electron chi connectivity index (χ1n) is 8.38. The molecule has 0 bridgehead atoms. The summed E-state index contributed by atoms with van der Waals surface area (Å²) in [6.07, 6.45) is 0.484. The Kier molecular flexibility index (Phi) is 5.01. The van der Waals surface area contributed by atoms with Crippen LogP contribution in [0.5, 0.6) is 0 Å². The first kappa shape index (κ1) is 18.0. The summed E-state index contributed by atoms with van der Waals surface area (Å²) in [4.78, 5) is 25.1. The quantitative estimate of drug-likeness (QED) is 0.912. The lowest BCUT2D eigenvalue weighted by Crippen LogP contribution is -2.47. The van der Waals surface area contributed by atoms with Crippen LogP contribution in [0.4, 0.5) is 19.4 Å². The van der Waals surface area contributed by atoms with Gasteiger partial charge in [0.1, 0.15) is 11.5 Å². The number of anilines is 1. The minimum atomic E-state index is -1.46. The monoisotopic (exact) mass is 362 g/mol. The number of likely N-dealkylation sites (tertiary alicyclic amines) is 1. The molecule has 2 amide bonds. The lowest BCUT2D eigenvalue weighted by atomic mass is 9.87. The van der Waals surface area contributed by atoms with Gasteiger partial charge in [0.15, 0.2) is 5.82 Å². The van der Waals surface area contributed by atoms with Crippen LogP contribution in [0.25, 0.3) is 0 Å². The number of piperidine rings is 1. The minimum Gasteiger partial charge on any atom is -0.324 e. The topological polar surface area (TPSA) is 67.2 Å². The summed E-state index contributed by atoms with van der Waals surface area (Å²) in [7, 11) is 1.49. The number of aryl methyl sites for hydroxylation is 1. The first-order valence-corrected chi connectivity index (χ1v) is 8.38. The molecule has 1 aromatic heterocycles. The summed E-state index contributed by atoms with van der Waals surface area (Å²) in [6, 6.07) is 8.29. The van der Waals surface area contributed by atoms with Gasteiger partial charge >= 0.3 is 6.03 Å². The van der Waals surface area contributed by atoms with Crippen LogP contribution in [0.1, 0.15) is 18.4 Å². The van der Waals surface area contributed by atoms with Crippen molar-refractivity contribution in [3.8, 4) is 0 Å². The van der Waals surface area contributed by atoms with Gasteiger partial charge in [0.2, 0.25) is 0 Å². The van der Waals surface area contributed by atoms with Crippen molar-refractivity contribution in [1.29, 1.82) is 0 Å². The number of rotatable bonds is 3. The standard InChI is InChI=1S/C18H20F2N4O2/c1-23-16(25)6-5-15(22-23)21-17(26)24-9-7-18(20,8-10-24)12-13-3-2-4-14(19)11-13/h2-6,11H,7-10,12H2,1H3,(H,21,22,26). The van der Waals surface area contributed by atoms with Crippen molar-refractivity contribution in [2.45, 2.75) is 24.9 Å². The van der Waals surface area contributed by atoms with Gasteiger partial charge in [-0.1, -0.05) is 12.1 Å². The van der Waals surface area contributed by atoms with E-state index in [9.17, 15) is 14.0 Å². The normalized spacial score (nSPS) is 16.3. The number of alkyl halides is 1. The molecule has 1 aromatic carbocycles. The van der Waals surface area contributed by atoms with Gasteiger partial charge in [0, 0.05) is 32.6 Å². The van der Waals surface area contributed by atoms with Crippen LogP contribution in [0, 0.1) is 5.82 Å². The van der Waals surface area contributed by atoms with E-state index < -0.39 is 5.67 Å². The number of aromatic nitrogens is 2. The number of carbonyl (C=O) groups is 1. The molecule has 0 spiro atoms. The lowest BCUT2D eigenvalue weighted by molar-refractivity contribution is 0.0743. The lowest BCUT2D eigenvalue weighted by Gasteiger charge is -2.36. The smallest absolute Gasteiger partial charge is 0.323 e. The zero-order valence-electron chi connectivity index (χ0n) is 14.4.